The zero-order valence-corrected chi connectivity index (χ0v) is 26.3. The fraction of sp³-hybridized carbons (Fsp3) is 0. The Morgan fingerprint density at radius 2 is 0.980 bits per heavy atom. The molecule has 0 amide bonds. The van der Waals surface area contributed by atoms with Crippen LogP contribution < -0.4 is 4.90 Å². The van der Waals surface area contributed by atoms with E-state index in [1.54, 1.807) is 6.33 Å². The van der Waals surface area contributed by atoms with Gasteiger partial charge in [-0.2, -0.15) is 0 Å². The first-order valence-corrected chi connectivity index (χ1v) is 16.6. The van der Waals surface area contributed by atoms with Gasteiger partial charge in [0.2, 0.25) is 0 Å². The summed E-state index contributed by atoms with van der Waals surface area (Å²) in [6, 6.07) is 56.5. The Morgan fingerprint density at radius 3 is 1.67 bits per heavy atom. The van der Waals surface area contributed by atoms with Crippen molar-refractivity contribution in [1.82, 2.24) is 19.1 Å². The van der Waals surface area contributed by atoms with E-state index in [-0.39, 0.29) is 0 Å². The molecule has 5 nitrogen and oxygen atoms in total. The SMILES string of the molecule is c1ccc(N2c3ccccc3-c3cc(-n4c5ccccc5c5ccc6c7ccccc7n(-c7ccccc7)c6c54)cc4ncnc2c34)cc1. The number of rotatable bonds is 3. The average molecular weight is 626 g/mol. The lowest BCUT2D eigenvalue weighted by molar-refractivity contribution is 1.13. The molecule has 11 rings (SSSR count). The highest BCUT2D eigenvalue weighted by Crippen LogP contribution is 2.51. The van der Waals surface area contributed by atoms with Gasteiger partial charge in [0.1, 0.15) is 12.1 Å². The molecular weight excluding hydrogens is 599 g/mol. The van der Waals surface area contributed by atoms with Crippen LogP contribution in [0.15, 0.2) is 164 Å². The molecule has 3 aromatic heterocycles. The molecule has 1 aliphatic rings. The standard InChI is InChI=1S/C44H27N5/c1-3-13-28(14-4-1)47-38-20-10-7-17-31(38)34-23-24-35-32-18-8-11-21-39(32)48(43(35)42(34)47)30-25-36-33-19-9-12-22-40(33)49(29-15-5-2-6-16-29)44-41(36)37(26-30)45-27-46-44/h1-27H. The second-order valence-corrected chi connectivity index (χ2v) is 12.7. The van der Waals surface area contributed by atoms with Crippen molar-refractivity contribution in [2.45, 2.75) is 0 Å². The topological polar surface area (TPSA) is 38.9 Å². The number of aromatic nitrogens is 4. The van der Waals surface area contributed by atoms with E-state index in [1.807, 2.05) is 0 Å². The fourth-order valence-electron chi connectivity index (χ4n) is 8.13. The molecule has 0 saturated carbocycles. The third kappa shape index (κ3) is 3.59. The predicted molar refractivity (Wildman–Crippen MR) is 202 cm³/mol. The Kier molecular flexibility index (Phi) is 5.32. The van der Waals surface area contributed by atoms with E-state index >= 15 is 0 Å². The molecule has 0 saturated heterocycles. The third-order valence-electron chi connectivity index (χ3n) is 10.1. The maximum Gasteiger partial charge on any atom is 0.149 e. The van der Waals surface area contributed by atoms with E-state index in [2.05, 4.69) is 172 Å². The van der Waals surface area contributed by atoms with Gasteiger partial charge in [-0.05, 0) is 60.2 Å². The fourth-order valence-corrected chi connectivity index (χ4v) is 8.13. The Morgan fingerprint density at radius 1 is 0.408 bits per heavy atom. The van der Waals surface area contributed by atoms with Crippen LogP contribution in [0.4, 0.5) is 17.2 Å². The molecule has 0 spiro atoms. The molecule has 5 heteroatoms. The second kappa shape index (κ2) is 9.89. The lowest BCUT2D eigenvalue weighted by Crippen LogP contribution is -2.17. The molecule has 0 atom stereocenters. The summed E-state index contributed by atoms with van der Waals surface area (Å²) >= 11 is 0. The van der Waals surface area contributed by atoms with E-state index in [1.165, 1.54) is 38.1 Å². The van der Waals surface area contributed by atoms with E-state index in [4.69, 9.17) is 9.97 Å². The Labute approximate surface area is 281 Å². The molecule has 49 heavy (non-hydrogen) atoms. The Bertz CT molecular complexity index is 2940. The van der Waals surface area contributed by atoms with Crippen LogP contribution in [0, 0.1) is 0 Å². The van der Waals surface area contributed by atoms with Crippen molar-refractivity contribution in [3.8, 4) is 22.5 Å². The van der Waals surface area contributed by atoms with Crippen LogP contribution in [0.3, 0.4) is 0 Å². The monoisotopic (exact) mass is 625 g/mol. The number of fused-ring (bicyclic) bond motifs is 9. The minimum atomic E-state index is 0.894. The molecule has 0 N–H and O–H groups in total. The minimum absolute atomic E-state index is 0.894. The number of hydrogen-bond acceptors (Lipinski definition) is 3. The summed E-state index contributed by atoms with van der Waals surface area (Å²) in [5.41, 5.74) is 12.3. The quantitative estimate of drug-likeness (QED) is 0.196. The van der Waals surface area contributed by atoms with Crippen molar-refractivity contribution in [3.05, 3.63) is 164 Å². The number of nitrogens with zero attached hydrogens (tertiary/aromatic N) is 5. The highest BCUT2D eigenvalue weighted by Gasteiger charge is 2.29. The summed E-state index contributed by atoms with van der Waals surface area (Å²) < 4.78 is 4.88. The smallest absolute Gasteiger partial charge is 0.149 e. The summed E-state index contributed by atoms with van der Waals surface area (Å²) in [5.74, 6) is 0.894. The first-order chi connectivity index (χ1) is 24.3. The van der Waals surface area contributed by atoms with Gasteiger partial charge in [0.05, 0.1) is 38.7 Å². The molecule has 0 unspecified atom stereocenters. The van der Waals surface area contributed by atoms with Gasteiger partial charge in [-0.3, -0.25) is 4.90 Å². The minimum Gasteiger partial charge on any atom is -0.307 e. The van der Waals surface area contributed by atoms with Crippen LogP contribution in [-0.2, 0) is 0 Å². The summed E-state index contributed by atoms with van der Waals surface area (Å²) in [5, 5.41) is 5.96. The van der Waals surface area contributed by atoms with Crippen molar-refractivity contribution in [3.63, 3.8) is 0 Å². The maximum atomic E-state index is 4.92. The van der Waals surface area contributed by atoms with Crippen molar-refractivity contribution in [2.24, 2.45) is 0 Å². The van der Waals surface area contributed by atoms with Gasteiger partial charge in [-0.25, -0.2) is 9.97 Å². The summed E-state index contributed by atoms with van der Waals surface area (Å²) in [4.78, 5) is 12.1. The highest BCUT2D eigenvalue weighted by molar-refractivity contribution is 6.24. The predicted octanol–water partition coefficient (Wildman–Crippen LogP) is 11.3. The zero-order valence-electron chi connectivity index (χ0n) is 26.3. The Hall–Kier alpha value is -6.72. The number of anilines is 3. The second-order valence-electron chi connectivity index (χ2n) is 12.7. The van der Waals surface area contributed by atoms with Crippen LogP contribution in [0.2, 0.25) is 0 Å². The van der Waals surface area contributed by atoms with Crippen LogP contribution in [-0.4, -0.2) is 19.1 Å². The highest BCUT2D eigenvalue weighted by atomic mass is 15.2. The van der Waals surface area contributed by atoms with Crippen LogP contribution >= 0.6 is 0 Å². The van der Waals surface area contributed by atoms with Gasteiger partial charge in [0, 0.05) is 44.2 Å². The molecule has 4 heterocycles. The van der Waals surface area contributed by atoms with Crippen LogP contribution in [0.25, 0.3) is 77.0 Å². The molecule has 7 aromatic carbocycles. The molecule has 228 valence electrons. The first-order valence-electron chi connectivity index (χ1n) is 16.6. The molecule has 0 aliphatic carbocycles. The molecule has 10 aromatic rings. The lowest BCUT2D eigenvalue weighted by Gasteiger charge is -2.32. The van der Waals surface area contributed by atoms with Crippen molar-refractivity contribution in [1.29, 1.82) is 0 Å². The largest absolute Gasteiger partial charge is 0.307 e. The number of para-hydroxylation sites is 5. The zero-order chi connectivity index (χ0) is 32.1. The van der Waals surface area contributed by atoms with E-state index < -0.39 is 0 Å². The maximum absolute atomic E-state index is 4.92. The van der Waals surface area contributed by atoms with Gasteiger partial charge in [-0.15, -0.1) is 0 Å². The number of hydrogen-bond donors (Lipinski definition) is 0. The van der Waals surface area contributed by atoms with Gasteiger partial charge >= 0.3 is 0 Å². The third-order valence-corrected chi connectivity index (χ3v) is 10.1. The normalized spacial score (nSPS) is 12.4. The van der Waals surface area contributed by atoms with E-state index in [0.29, 0.717) is 0 Å². The molecule has 0 fully saturated rings. The summed E-state index contributed by atoms with van der Waals surface area (Å²) in [6.45, 7) is 0. The van der Waals surface area contributed by atoms with Crippen molar-refractivity contribution in [2.75, 3.05) is 4.90 Å². The first kappa shape index (κ1) is 26.4. The van der Waals surface area contributed by atoms with Crippen LogP contribution in [0.5, 0.6) is 0 Å². The lowest BCUT2D eigenvalue weighted by atomic mass is 9.93. The Balaban J connectivity index is 1.30. The summed E-state index contributed by atoms with van der Waals surface area (Å²) in [7, 11) is 0. The van der Waals surface area contributed by atoms with Gasteiger partial charge in [0.15, 0.2) is 0 Å². The van der Waals surface area contributed by atoms with Gasteiger partial charge in [-0.1, -0.05) is 103 Å². The number of benzene rings is 7. The molecular formula is C44H27N5. The molecule has 0 bridgehead atoms. The van der Waals surface area contributed by atoms with E-state index in [0.717, 1.165) is 56.1 Å². The molecule has 0 radical (unpaired) electrons. The van der Waals surface area contributed by atoms with Crippen molar-refractivity contribution >= 4 is 71.7 Å². The van der Waals surface area contributed by atoms with Gasteiger partial charge < -0.3 is 9.13 Å². The van der Waals surface area contributed by atoms with Gasteiger partial charge in [0.25, 0.3) is 0 Å². The van der Waals surface area contributed by atoms with Crippen molar-refractivity contribution < 1.29 is 0 Å². The summed E-state index contributed by atoms with van der Waals surface area (Å²) in [6.07, 6.45) is 1.70. The average Bonchev–Trinajstić information content (AvgIpc) is 3.69. The van der Waals surface area contributed by atoms with Crippen LogP contribution in [0.1, 0.15) is 0 Å². The molecule has 1 aliphatic heterocycles. The van der Waals surface area contributed by atoms with E-state index in [9.17, 15) is 0 Å².